The van der Waals surface area contributed by atoms with Crippen molar-refractivity contribution in [1.82, 2.24) is 5.32 Å². The third-order valence-corrected chi connectivity index (χ3v) is 5.57. The molecule has 6 nitrogen and oxygen atoms in total. The number of nitrogens with one attached hydrogen (secondary N) is 1. The summed E-state index contributed by atoms with van der Waals surface area (Å²) < 4.78 is 19.0. The molecule has 4 amide bonds. The second kappa shape index (κ2) is 9.85. The summed E-state index contributed by atoms with van der Waals surface area (Å²) in [5.74, 6) is -1.95. The number of rotatable bonds is 5. The van der Waals surface area contributed by atoms with Crippen molar-refractivity contribution < 1.29 is 23.5 Å². The molecule has 4 rings (SSSR count). The van der Waals surface area contributed by atoms with Crippen molar-refractivity contribution in [2.45, 2.75) is 6.61 Å². The minimum Gasteiger partial charge on any atom is -0.486 e. The molecular formula is C24H14Cl3FN2O4. The van der Waals surface area contributed by atoms with Gasteiger partial charge in [-0.3, -0.25) is 14.9 Å². The Morgan fingerprint density at radius 3 is 2.32 bits per heavy atom. The van der Waals surface area contributed by atoms with Gasteiger partial charge in [-0.25, -0.2) is 14.1 Å². The highest BCUT2D eigenvalue weighted by Gasteiger charge is 2.37. The van der Waals surface area contributed by atoms with Crippen LogP contribution in [-0.2, 0) is 16.2 Å². The van der Waals surface area contributed by atoms with E-state index in [2.05, 4.69) is 5.32 Å². The molecule has 0 spiro atoms. The Hall–Kier alpha value is -3.39. The summed E-state index contributed by atoms with van der Waals surface area (Å²) in [6.07, 6.45) is 1.26. The standard InChI is InChI=1S/C24H14Cl3FN2O4/c25-15-4-2-6-17(11-15)30-23(32)18(22(31)29-24(30)33)8-14-9-19(26)21(20(27)10-14)34-12-13-3-1-5-16(28)7-13/h1-11H,12H2,(H,29,31,33)/b18-8+. The molecule has 34 heavy (non-hydrogen) atoms. The van der Waals surface area contributed by atoms with Gasteiger partial charge in [0.2, 0.25) is 0 Å². The number of barbiturate groups is 1. The molecule has 1 heterocycles. The summed E-state index contributed by atoms with van der Waals surface area (Å²) >= 11 is 18.6. The van der Waals surface area contributed by atoms with Gasteiger partial charge in [-0.15, -0.1) is 0 Å². The molecule has 1 aliphatic rings. The Morgan fingerprint density at radius 1 is 0.941 bits per heavy atom. The highest BCUT2D eigenvalue weighted by atomic mass is 35.5. The second-order valence-corrected chi connectivity index (χ2v) is 8.42. The lowest BCUT2D eigenvalue weighted by Crippen LogP contribution is -2.54. The fourth-order valence-electron chi connectivity index (χ4n) is 3.26. The lowest BCUT2D eigenvalue weighted by atomic mass is 10.1. The molecule has 10 heteroatoms. The minimum absolute atomic E-state index is 0.0231. The van der Waals surface area contributed by atoms with Crippen molar-refractivity contribution in [3.8, 4) is 5.75 Å². The number of carbonyl (C=O) groups is 3. The maximum absolute atomic E-state index is 13.4. The van der Waals surface area contributed by atoms with E-state index in [1.54, 1.807) is 24.3 Å². The van der Waals surface area contributed by atoms with Crippen molar-refractivity contribution >= 4 is 64.4 Å². The van der Waals surface area contributed by atoms with E-state index >= 15 is 0 Å². The summed E-state index contributed by atoms with van der Waals surface area (Å²) in [7, 11) is 0. The largest absolute Gasteiger partial charge is 0.486 e. The average Bonchev–Trinajstić information content (AvgIpc) is 2.76. The molecule has 0 unspecified atom stereocenters. The van der Waals surface area contributed by atoms with Crippen LogP contribution in [0, 0.1) is 5.82 Å². The lowest BCUT2D eigenvalue weighted by Gasteiger charge is -2.26. The van der Waals surface area contributed by atoms with E-state index in [9.17, 15) is 18.8 Å². The van der Waals surface area contributed by atoms with Crippen molar-refractivity contribution in [1.29, 1.82) is 0 Å². The number of benzene rings is 3. The first-order valence-electron chi connectivity index (χ1n) is 9.76. The molecule has 0 bridgehead atoms. The Labute approximate surface area is 208 Å². The zero-order valence-corrected chi connectivity index (χ0v) is 19.4. The van der Waals surface area contributed by atoms with Crippen LogP contribution in [-0.4, -0.2) is 17.8 Å². The number of imide groups is 2. The van der Waals surface area contributed by atoms with E-state index in [1.807, 2.05) is 0 Å². The molecular weight excluding hydrogens is 506 g/mol. The third kappa shape index (κ3) is 5.07. The summed E-state index contributed by atoms with van der Waals surface area (Å²) in [5, 5.41) is 2.67. The molecule has 0 saturated carbocycles. The predicted octanol–water partition coefficient (Wildman–Crippen LogP) is 6.03. The average molecular weight is 520 g/mol. The first kappa shape index (κ1) is 23.8. The van der Waals surface area contributed by atoms with E-state index < -0.39 is 23.7 Å². The Balaban J connectivity index is 1.61. The highest BCUT2D eigenvalue weighted by Crippen LogP contribution is 2.36. The molecule has 0 radical (unpaired) electrons. The number of urea groups is 1. The molecule has 0 aromatic heterocycles. The number of carbonyl (C=O) groups excluding carboxylic acids is 3. The van der Waals surface area contributed by atoms with Gasteiger partial charge in [0.25, 0.3) is 11.8 Å². The van der Waals surface area contributed by atoms with Crippen molar-refractivity contribution in [3.05, 3.63) is 98.2 Å². The summed E-state index contributed by atoms with van der Waals surface area (Å²) in [6.45, 7) is 0.0231. The number of anilines is 1. The molecule has 1 N–H and O–H groups in total. The van der Waals surface area contributed by atoms with Crippen LogP contribution in [0.1, 0.15) is 11.1 Å². The third-order valence-electron chi connectivity index (χ3n) is 4.77. The van der Waals surface area contributed by atoms with Crippen molar-refractivity contribution in [3.63, 3.8) is 0 Å². The van der Waals surface area contributed by atoms with Crippen LogP contribution in [0.25, 0.3) is 6.08 Å². The van der Waals surface area contributed by atoms with Crippen LogP contribution in [0.5, 0.6) is 5.75 Å². The maximum Gasteiger partial charge on any atom is 0.335 e. The number of hydrogen-bond donors (Lipinski definition) is 1. The monoisotopic (exact) mass is 518 g/mol. The molecule has 1 fully saturated rings. The zero-order valence-electron chi connectivity index (χ0n) is 17.2. The van der Waals surface area contributed by atoms with E-state index in [-0.39, 0.29) is 33.7 Å². The van der Waals surface area contributed by atoms with Crippen LogP contribution >= 0.6 is 34.8 Å². The van der Waals surface area contributed by atoms with Gasteiger partial charge in [-0.1, -0.05) is 53.0 Å². The Morgan fingerprint density at radius 2 is 1.65 bits per heavy atom. The topological polar surface area (TPSA) is 75.7 Å². The highest BCUT2D eigenvalue weighted by molar-refractivity contribution is 6.40. The van der Waals surface area contributed by atoms with Crippen molar-refractivity contribution in [2.75, 3.05) is 4.90 Å². The molecule has 172 valence electrons. The molecule has 3 aromatic carbocycles. The normalized spacial score (nSPS) is 15.0. The molecule has 3 aromatic rings. The smallest absolute Gasteiger partial charge is 0.335 e. The van der Waals surface area contributed by atoms with Crippen LogP contribution < -0.4 is 15.0 Å². The van der Waals surface area contributed by atoms with Crippen LogP contribution in [0.3, 0.4) is 0 Å². The van der Waals surface area contributed by atoms with Gasteiger partial charge in [0.05, 0.1) is 15.7 Å². The van der Waals surface area contributed by atoms with Gasteiger partial charge >= 0.3 is 6.03 Å². The summed E-state index contributed by atoms with van der Waals surface area (Å²) in [5.41, 5.74) is 0.797. The maximum atomic E-state index is 13.4. The zero-order chi connectivity index (χ0) is 24.4. The van der Waals surface area contributed by atoms with Crippen molar-refractivity contribution in [2.24, 2.45) is 0 Å². The Kier molecular flexibility index (Phi) is 6.88. The van der Waals surface area contributed by atoms with E-state index in [0.29, 0.717) is 16.1 Å². The number of nitrogens with zero attached hydrogens (tertiary/aromatic N) is 1. The quantitative estimate of drug-likeness (QED) is 0.330. The fraction of sp³-hybridized carbons (Fsp3) is 0.0417. The number of halogens is 4. The minimum atomic E-state index is -0.897. The lowest BCUT2D eigenvalue weighted by molar-refractivity contribution is -0.122. The van der Waals surface area contributed by atoms with Crippen LogP contribution in [0.4, 0.5) is 14.9 Å². The Bertz CT molecular complexity index is 1340. The van der Waals surface area contributed by atoms with E-state index in [4.69, 9.17) is 39.5 Å². The predicted molar refractivity (Wildman–Crippen MR) is 128 cm³/mol. The van der Waals surface area contributed by atoms with Gasteiger partial charge in [0, 0.05) is 5.02 Å². The first-order chi connectivity index (χ1) is 16.2. The van der Waals surface area contributed by atoms with Crippen LogP contribution in [0.2, 0.25) is 15.1 Å². The number of hydrogen-bond acceptors (Lipinski definition) is 4. The first-order valence-corrected chi connectivity index (χ1v) is 10.9. The number of amides is 4. The van der Waals surface area contributed by atoms with E-state index in [1.165, 1.54) is 42.5 Å². The van der Waals surface area contributed by atoms with Gasteiger partial charge in [0.1, 0.15) is 18.0 Å². The fourth-order valence-corrected chi connectivity index (χ4v) is 4.05. The van der Waals surface area contributed by atoms with Gasteiger partial charge < -0.3 is 4.74 Å². The van der Waals surface area contributed by atoms with Gasteiger partial charge in [-0.2, -0.15) is 0 Å². The molecule has 0 atom stereocenters. The van der Waals surface area contributed by atoms with Crippen LogP contribution in [0.15, 0.2) is 66.2 Å². The van der Waals surface area contributed by atoms with E-state index in [0.717, 1.165) is 4.90 Å². The molecule has 1 aliphatic heterocycles. The van der Waals surface area contributed by atoms with Gasteiger partial charge in [-0.05, 0) is 59.7 Å². The summed E-state index contributed by atoms with van der Waals surface area (Å²) in [4.78, 5) is 38.5. The summed E-state index contributed by atoms with van der Waals surface area (Å²) in [6, 6.07) is 14.0. The number of ether oxygens (including phenoxy) is 1. The molecule has 0 aliphatic carbocycles. The van der Waals surface area contributed by atoms with Gasteiger partial charge in [0.15, 0.2) is 5.75 Å². The SMILES string of the molecule is O=C1NC(=O)N(c2cccc(Cl)c2)C(=O)/C1=C/c1cc(Cl)c(OCc2cccc(F)c2)c(Cl)c1. The second-order valence-electron chi connectivity index (χ2n) is 7.17. The molecule has 1 saturated heterocycles.